The molecule has 0 unspecified atom stereocenters. The SMILES string of the molecule is O=C(O)CCc1ccc(C(=O)NCc2ccccc2C(F)(F)F)cc1. The largest absolute Gasteiger partial charge is 0.481 e. The number of nitrogens with one attached hydrogen (secondary N) is 1. The van der Waals surface area contributed by atoms with E-state index in [4.69, 9.17) is 5.11 Å². The maximum atomic E-state index is 12.9. The van der Waals surface area contributed by atoms with Crippen LogP contribution in [0.2, 0.25) is 0 Å². The summed E-state index contributed by atoms with van der Waals surface area (Å²) in [5.41, 5.74) is 0.269. The van der Waals surface area contributed by atoms with Crippen LogP contribution in [0.15, 0.2) is 48.5 Å². The van der Waals surface area contributed by atoms with Crippen LogP contribution in [0, 0.1) is 0 Å². The Morgan fingerprint density at radius 3 is 2.24 bits per heavy atom. The molecule has 0 aliphatic heterocycles. The van der Waals surface area contributed by atoms with Gasteiger partial charge in [0.1, 0.15) is 0 Å². The molecule has 25 heavy (non-hydrogen) atoms. The number of rotatable bonds is 6. The molecule has 0 fully saturated rings. The fraction of sp³-hybridized carbons (Fsp3) is 0.222. The zero-order valence-electron chi connectivity index (χ0n) is 13.1. The predicted molar refractivity (Wildman–Crippen MR) is 85.0 cm³/mol. The number of carboxylic acid groups (broad SMARTS) is 1. The topological polar surface area (TPSA) is 66.4 Å². The maximum Gasteiger partial charge on any atom is 0.416 e. The second-order valence-electron chi connectivity index (χ2n) is 5.43. The number of amides is 1. The van der Waals surface area contributed by atoms with Gasteiger partial charge in [0.25, 0.3) is 5.91 Å². The van der Waals surface area contributed by atoms with E-state index in [1.54, 1.807) is 12.1 Å². The molecule has 1 amide bonds. The molecule has 0 aliphatic carbocycles. The quantitative estimate of drug-likeness (QED) is 0.835. The third-order valence-corrected chi connectivity index (χ3v) is 3.61. The van der Waals surface area contributed by atoms with Gasteiger partial charge in [0, 0.05) is 18.5 Å². The normalized spacial score (nSPS) is 11.2. The molecule has 0 bridgehead atoms. The van der Waals surface area contributed by atoms with E-state index in [-0.39, 0.29) is 18.5 Å². The Kier molecular flexibility index (Phi) is 5.80. The molecule has 0 aromatic heterocycles. The lowest BCUT2D eigenvalue weighted by Crippen LogP contribution is -2.24. The Labute approximate surface area is 142 Å². The van der Waals surface area contributed by atoms with E-state index in [0.717, 1.165) is 11.6 Å². The fourth-order valence-electron chi connectivity index (χ4n) is 2.30. The molecular formula is C18H16F3NO3. The van der Waals surface area contributed by atoms with Crippen LogP contribution in [0.3, 0.4) is 0 Å². The van der Waals surface area contributed by atoms with Crippen molar-refractivity contribution in [2.45, 2.75) is 25.6 Å². The third-order valence-electron chi connectivity index (χ3n) is 3.61. The standard InChI is InChI=1S/C18H16F3NO3/c19-18(20,21)15-4-2-1-3-14(15)11-22-17(25)13-8-5-12(6-9-13)7-10-16(23)24/h1-6,8-9H,7,10-11H2,(H,22,25)(H,23,24). The lowest BCUT2D eigenvalue weighted by Gasteiger charge is -2.13. The number of benzene rings is 2. The Balaban J connectivity index is 2.00. The van der Waals surface area contributed by atoms with Crippen molar-refractivity contribution in [3.63, 3.8) is 0 Å². The number of aryl methyl sites for hydroxylation is 1. The average Bonchev–Trinajstić information content (AvgIpc) is 2.57. The fourth-order valence-corrected chi connectivity index (χ4v) is 2.30. The Morgan fingerprint density at radius 1 is 1.00 bits per heavy atom. The summed E-state index contributed by atoms with van der Waals surface area (Å²) in [6.07, 6.45) is -4.15. The molecular weight excluding hydrogens is 335 g/mol. The van der Waals surface area contributed by atoms with Gasteiger partial charge in [-0.3, -0.25) is 9.59 Å². The zero-order valence-corrected chi connectivity index (χ0v) is 13.1. The summed E-state index contributed by atoms with van der Waals surface area (Å²) in [7, 11) is 0. The number of halogens is 3. The molecule has 132 valence electrons. The second kappa shape index (κ2) is 7.83. The number of alkyl halides is 3. The molecule has 2 aromatic rings. The number of hydrogen-bond donors (Lipinski definition) is 2. The van der Waals surface area contributed by atoms with Crippen LogP contribution in [-0.4, -0.2) is 17.0 Å². The van der Waals surface area contributed by atoms with Gasteiger partial charge in [-0.05, 0) is 35.7 Å². The molecule has 0 atom stereocenters. The number of carbonyl (C=O) groups excluding carboxylic acids is 1. The first kappa shape index (κ1) is 18.5. The minimum atomic E-state index is -4.48. The van der Waals surface area contributed by atoms with Crippen molar-refractivity contribution in [2.75, 3.05) is 0 Å². The molecule has 2 rings (SSSR count). The van der Waals surface area contributed by atoms with Gasteiger partial charge in [0.15, 0.2) is 0 Å². The van der Waals surface area contributed by atoms with E-state index < -0.39 is 23.6 Å². The minimum Gasteiger partial charge on any atom is -0.481 e. The van der Waals surface area contributed by atoms with Crippen LogP contribution in [0.5, 0.6) is 0 Å². The van der Waals surface area contributed by atoms with Crippen LogP contribution in [0.1, 0.15) is 33.5 Å². The van der Waals surface area contributed by atoms with Crippen LogP contribution in [0.4, 0.5) is 13.2 Å². The number of aliphatic carboxylic acids is 1. The van der Waals surface area contributed by atoms with Gasteiger partial charge in [0.2, 0.25) is 0 Å². The highest BCUT2D eigenvalue weighted by Crippen LogP contribution is 2.31. The summed E-state index contributed by atoms with van der Waals surface area (Å²) in [6.45, 7) is -0.241. The summed E-state index contributed by atoms with van der Waals surface area (Å²) in [4.78, 5) is 22.6. The van der Waals surface area contributed by atoms with E-state index in [1.165, 1.54) is 30.3 Å². The molecule has 4 nitrogen and oxygen atoms in total. The predicted octanol–water partition coefficient (Wildman–Crippen LogP) is 3.65. The summed E-state index contributed by atoms with van der Waals surface area (Å²) in [5.74, 6) is -1.41. The Hall–Kier alpha value is -2.83. The van der Waals surface area contributed by atoms with Crippen molar-refractivity contribution in [2.24, 2.45) is 0 Å². The van der Waals surface area contributed by atoms with Gasteiger partial charge < -0.3 is 10.4 Å². The van der Waals surface area contributed by atoms with Crippen LogP contribution < -0.4 is 5.32 Å². The lowest BCUT2D eigenvalue weighted by molar-refractivity contribution is -0.138. The van der Waals surface area contributed by atoms with Gasteiger partial charge in [-0.15, -0.1) is 0 Å². The summed E-state index contributed by atoms with van der Waals surface area (Å²) >= 11 is 0. The molecule has 0 saturated carbocycles. The monoisotopic (exact) mass is 351 g/mol. The Morgan fingerprint density at radius 2 is 1.64 bits per heavy atom. The molecule has 7 heteroatoms. The van der Waals surface area contributed by atoms with E-state index >= 15 is 0 Å². The van der Waals surface area contributed by atoms with Gasteiger partial charge in [-0.25, -0.2) is 0 Å². The highest BCUT2D eigenvalue weighted by Gasteiger charge is 2.32. The molecule has 0 spiro atoms. The maximum absolute atomic E-state index is 12.9. The van der Waals surface area contributed by atoms with E-state index in [1.807, 2.05) is 0 Å². The van der Waals surface area contributed by atoms with Crippen LogP contribution >= 0.6 is 0 Å². The Bertz CT molecular complexity index is 755. The van der Waals surface area contributed by atoms with Crippen molar-refractivity contribution >= 4 is 11.9 Å². The van der Waals surface area contributed by atoms with Gasteiger partial charge in [-0.1, -0.05) is 30.3 Å². The number of carboxylic acids is 1. The number of carbonyl (C=O) groups is 2. The van der Waals surface area contributed by atoms with Gasteiger partial charge in [-0.2, -0.15) is 13.2 Å². The summed E-state index contributed by atoms with van der Waals surface area (Å²) < 4.78 is 38.7. The average molecular weight is 351 g/mol. The van der Waals surface area contributed by atoms with Crippen LogP contribution in [0.25, 0.3) is 0 Å². The molecule has 2 N–H and O–H groups in total. The number of hydrogen-bond acceptors (Lipinski definition) is 2. The third kappa shape index (κ3) is 5.34. The summed E-state index contributed by atoms with van der Waals surface area (Å²) in [5, 5.41) is 11.1. The summed E-state index contributed by atoms with van der Waals surface area (Å²) in [6, 6.07) is 11.3. The van der Waals surface area contributed by atoms with E-state index in [0.29, 0.717) is 12.0 Å². The lowest BCUT2D eigenvalue weighted by atomic mass is 10.1. The van der Waals surface area contributed by atoms with Crippen molar-refractivity contribution in [3.05, 3.63) is 70.8 Å². The highest BCUT2D eigenvalue weighted by molar-refractivity contribution is 5.94. The first-order valence-corrected chi connectivity index (χ1v) is 7.51. The zero-order chi connectivity index (χ0) is 18.4. The van der Waals surface area contributed by atoms with Crippen molar-refractivity contribution in [1.29, 1.82) is 0 Å². The van der Waals surface area contributed by atoms with Crippen molar-refractivity contribution in [1.82, 2.24) is 5.32 Å². The van der Waals surface area contributed by atoms with Gasteiger partial charge in [0.05, 0.1) is 5.56 Å². The molecule has 0 radical (unpaired) electrons. The van der Waals surface area contributed by atoms with E-state index in [2.05, 4.69) is 5.32 Å². The van der Waals surface area contributed by atoms with Crippen LogP contribution in [-0.2, 0) is 23.9 Å². The van der Waals surface area contributed by atoms with Crippen molar-refractivity contribution < 1.29 is 27.9 Å². The van der Waals surface area contributed by atoms with E-state index in [9.17, 15) is 22.8 Å². The first-order valence-electron chi connectivity index (χ1n) is 7.51. The first-order chi connectivity index (χ1) is 11.8. The smallest absolute Gasteiger partial charge is 0.416 e. The second-order valence-corrected chi connectivity index (χ2v) is 5.43. The highest BCUT2D eigenvalue weighted by atomic mass is 19.4. The van der Waals surface area contributed by atoms with Gasteiger partial charge >= 0.3 is 12.1 Å². The molecule has 0 aliphatic rings. The molecule has 2 aromatic carbocycles. The molecule has 0 heterocycles. The minimum absolute atomic E-state index is 0.0126. The molecule has 0 saturated heterocycles. The van der Waals surface area contributed by atoms with Crippen molar-refractivity contribution in [3.8, 4) is 0 Å².